The van der Waals surface area contributed by atoms with Crippen LogP contribution in [0.2, 0.25) is 0 Å². The molecule has 0 atom stereocenters. The molecule has 6 heteroatoms. The third kappa shape index (κ3) is 3.16. The Morgan fingerprint density at radius 2 is 1.62 bits per heavy atom. The number of para-hydroxylation sites is 1. The molecule has 0 saturated heterocycles. The second-order valence-electron chi connectivity index (χ2n) is 4.50. The van der Waals surface area contributed by atoms with Gasteiger partial charge in [0, 0.05) is 18.3 Å². The summed E-state index contributed by atoms with van der Waals surface area (Å²) in [6, 6.07) is 11.0. The second kappa shape index (κ2) is 5.47. The molecule has 0 aliphatic rings. The van der Waals surface area contributed by atoms with Crippen molar-refractivity contribution in [1.82, 2.24) is 0 Å². The lowest BCUT2D eigenvalue weighted by atomic mass is 10.1. The highest BCUT2D eigenvalue weighted by Gasteiger charge is 2.35. The van der Waals surface area contributed by atoms with Gasteiger partial charge in [-0.05, 0) is 36.4 Å². The lowest BCUT2D eigenvalue weighted by Gasteiger charge is -2.22. The van der Waals surface area contributed by atoms with Gasteiger partial charge in [-0.15, -0.1) is 0 Å². The van der Waals surface area contributed by atoms with Crippen LogP contribution in [0.1, 0.15) is 15.9 Å². The summed E-state index contributed by atoms with van der Waals surface area (Å²) < 4.78 is 38.9. The number of nitrogens with two attached hydrogens (primary N) is 1. The van der Waals surface area contributed by atoms with Crippen molar-refractivity contribution >= 4 is 17.3 Å². The number of rotatable bonds is 2. The average molecular weight is 294 g/mol. The van der Waals surface area contributed by atoms with Crippen molar-refractivity contribution in [1.29, 1.82) is 0 Å². The zero-order valence-electron chi connectivity index (χ0n) is 11.2. The fraction of sp³-hybridized carbons (Fsp3) is 0.133. The van der Waals surface area contributed by atoms with Gasteiger partial charge in [0.2, 0.25) is 0 Å². The third-order valence-electron chi connectivity index (χ3n) is 3.03. The highest BCUT2D eigenvalue weighted by atomic mass is 19.4. The van der Waals surface area contributed by atoms with E-state index < -0.39 is 17.6 Å². The van der Waals surface area contributed by atoms with Crippen LogP contribution < -0.4 is 10.6 Å². The largest absolute Gasteiger partial charge is 0.418 e. The standard InChI is InChI=1S/C15H13F3N2O/c1-20(14(21)10-6-8-11(19)9-7-10)13-5-3-2-4-12(13)15(16,17)18/h2-9H,19H2,1H3. The molecule has 0 aliphatic heterocycles. The van der Waals surface area contributed by atoms with Crippen molar-refractivity contribution in [2.75, 3.05) is 17.7 Å². The smallest absolute Gasteiger partial charge is 0.399 e. The van der Waals surface area contributed by atoms with E-state index >= 15 is 0 Å². The van der Waals surface area contributed by atoms with Crippen LogP contribution in [-0.4, -0.2) is 13.0 Å². The molecular formula is C15H13F3N2O. The molecule has 0 bridgehead atoms. The van der Waals surface area contributed by atoms with E-state index in [0.717, 1.165) is 11.0 Å². The van der Waals surface area contributed by atoms with Crippen molar-refractivity contribution < 1.29 is 18.0 Å². The molecule has 0 aromatic heterocycles. The summed E-state index contributed by atoms with van der Waals surface area (Å²) in [4.78, 5) is 13.2. The second-order valence-corrected chi connectivity index (χ2v) is 4.50. The van der Waals surface area contributed by atoms with E-state index in [1.807, 2.05) is 0 Å². The minimum absolute atomic E-state index is 0.188. The maximum atomic E-state index is 13.0. The minimum Gasteiger partial charge on any atom is -0.399 e. The number of carbonyl (C=O) groups excluding carboxylic acids is 1. The first kappa shape index (κ1) is 14.9. The van der Waals surface area contributed by atoms with Crippen LogP contribution in [0, 0.1) is 0 Å². The van der Waals surface area contributed by atoms with Gasteiger partial charge in [0.15, 0.2) is 0 Å². The number of alkyl halides is 3. The monoisotopic (exact) mass is 294 g/mol. The summed E-state index contributed by atoms with van der Waals surface area (Å²) in [5.74, 6) is -0.535. The number of hydrogen-bond donors (Lipinski definition) is 1. The molecule has 2 aromatic rings. The average Bonchev–Trinajstić information content (AvgIpc) is 2.45. The molecule has 0 spiro atoms. The third-order valence-corrected chi connectivity index (χ3v) is 3.03. The lowest BCUT2D eigenvalue weighted by Crippen LogP contribution is -2.28. The first-order valence-electron chi connectivity index (χ1n) is 6.10. The molecule has 2 aromatic carbocycles. The van der Waals surface area contributed by atoms with Crippen LogP contribution in [0.5, 0.6) is 0 Å². The molecule has 0 aliphatic carbocycles. The molecule has 2 rings (SSSR count). The van der Waals surface area contributed by atoms with E-state index in [0.29, 0.717) is 5.69 Å². The number of nitrogens with zero attached hydrogens (tertiary/aromatic N) is 1. The molecule has 3 nitrogen and oxygen atoms in total. The van der Waals surface area contributed by atoms with Gasteiger partial charge in [0.25, 0.3) is 5.91 Å². The molecular weight excluding hydrogens is 281 g/mol. The van der Waals surface area contributed by atoms with Gasteiger partial charge >= 0.3 is 6.18 Å². The van der Waals surface area contributed by atoms with E-state index in [1.165, 1.54) is 49.5 Å². The summed E-state index contributed by atoms with van der Waals surface area (Å²) in [7, 11) is 1.31. The van der Waals surface area contributed by atoms with Crippen LogP contribution in [0.4, 0.5) is 24.5 Å². The van der Waals surface area contributed by atoms with Gasteiger partial charge in [-0.25, -0.2) is 0 Å². The zero-order chi connectivity index (χ0) is 15.6. The van der Waals surface area contributed by atoms with Crippen molar-refractivity contribution in [3.05, 3.63) is 59.7 Å². The van der Waals surface area contributed by atoms with Gasteiger partial charge < -0.3 is 10.6 Å². The molecule has 0 fully saturated rings. The molecule has 1 amide bonds. The Hall–Kier alpha value is -2.50. The summed E-state index contributed by atoms with van der Waals surface area (Å²) in [6.45, 7) is 0. The fourth-order valence-electron chi connectivity index (χ4n) is 1.93. The molecule has 2 N–H and O–H groups in total. The van der Waals surface area contributed by atoms with E-state index in [9.17, 15) is 18.0 Å². The van der Waals surface area contributed by atoms with Gasteiger partial charge in [-0.2, -0.15) is 13.2 Å². The van der Waals surface area contributed by atoms with Crippen LogP contribution in [0.15, 0.2) is 48.5 Å². The quantitative estimate of drug-likeness (QED) is 0.861. The number of carbonyl (C=O) groups is 1. The molecule has 21 heavy (non-hydrogen) atoms. The van der Waals surface area contributed by atoms with Crippen LogP contribution in [0.25, 0.3) is 0 Å². The Morgan fingerprint density at radius 1 is 1.05 bits per heavy atom. The topological polar surface area (TPSA) is 46.3 Å². The van der Waals surface area contributed by atoms with Crippen LogP contribution >= 0.6 is 0 Å². The minimum atomic E-state index is -4.52. The van der Waals surface area contributed by atoms with Crippen molar-refractivity contribution in [2.24, 2.45) is 0 Å². The molecule has 0 radical (unpaired) electrons. The SMILES string of the molecule is CN(C(=O)c1ccc(N)cc1)c1ccccc1C(F)(F)F. The first-order valence-corrected chi connectivity index (χ1v) is 6.10. The Bertz CT molecular complexity index is 651. The Morgan fingerprint density at radius 3 is 2.19 bits per heavy atom. The normalized spacial score (nSPS) is 11.2. The summed E-state index contributed by atoms with van der Waals surface area (Å²) >= 11 is 0. The predicted molar refractivity (Wildman–Crippen MR) is 75.0 cm³/mol. The van der Waals surface area contributed by atoms with Gasteiger partial charge in [0.05, 0.1) is 11.3 Å². The number of nitrogen functional groups attached to an aromatic ring is 1. The molecule has 0 unspecified atom stereocenters. The van der Waals surface area contributed by atoms with E-state index in [2.05, 4.69) is 0 Å². The highest BCUT2D eigenvalue weighted by Crippen LogP contribution is 2.36. The summed E-state index contributed by atoms with van der Waals surface area (Å²) in [6.07, 6.45) is -4.52. The fourth-order valence-corrected chi connectivity index (χ4v) is 1.93. The summed E-state index contributed by atoms with van der Waals surface area (Å²) in [5.41, 5.74) is 5.23. The van der Waals surface area contributed by atoms with Crippen molar-refractivity contribution in [2.45, 2.75) is 6.18 Å². The number of amides is 1. The van der Waals surface area contributed by atoms with Crippen LogP contribution in [0.3, 0.4) is 0 Å². The van der Waals surface area contributed by atoms with Crippen LogP contribution in [-0.2, 0) is 6.18 Å². The Balaban J connectivity index is 2.38. The number of hydrogen-bond acceptors (Lipinski definition) is 2. The lowest BCUT2D eigenvalue weighted by molar-refractivity contribution is -0.137. The zero-order valence-corrected chi connectivity index (χ0v) is 11.2. The Kier molecular flexibility index (Phi) is 3.88. The maximum Gasteiger partial charge on any atom is 0.418 e. The van der Waals surface area contributed by atoms with Crippen molar-refractivity contribution in [3.63, 3.8) is 0 Å². The maximum absolute atomic E-state index is 13.0. The Labute approximate surface area is 119 Å². The van der Waals surface area contributed by atoms with E-state index in [-0.39, 0.29) is 11.3 Å². The predicted octanol–water partition coefficient (Wildman–Crippen LogP) is 3.56. The highest BCUT2D eigenvalue weighted by molar-refractivity contribution is 6.06. The number of benzene rings is 2. The number of halogens is 3. The number of anilines is 2. The van der Waals surface area contributed by atoms with E-state index in [1.54, 1.807) is 0 Å². The molecule has 110 valence electrons. The molecule has 0 heterocycles. The van der Waals surface area contributed by atoms with Gasteiger partial charge in [-0.3, -0.25) is 4.79 Å². The van der Waals surface area contributed by atoms with E-state index in [4.69, 9.17) is 5.73 Å². The summed E-state index contributed by atoms with van der Waals surface area (Å²) in [5, 5.41) is 0. The van der Waals surface area contributed by atoms with Gasteiger partial charge in [-0.1, -0.05) is 12.1 Å². The van der Waals surface area contributed by atoms with Gasteiger partial charge in [0.1, 0.15) is 0 Å². The first-order chi connectivity index (χ1) is 9.80. The van der Waals surface area contributed by atoms with Crippen molar-refractivity contribution in [3.8, 4) is 0 Å². The molecule has 0 saturated carbocycles.